The van der Waals surface area contributed by atoms with Crippen LogP contribution in [0.3, 0.4) is 0 Å². The number of nitrogens with two attached hydrogens (primary N) is 1. The van der Waals surface area contributed by atoms with E-state index < -0.39 is 0 Å². The summed E-state index contributed by atoms with van der Waals surface area (Å²) in [5.41, 5.74) is 6.98. The van der Waals surface area contributed by atoms with Crippen molar-refractivity contribution in [2.75, 3.05) is 6.61 Å². The maximum Gasteiger partial charge on any atom is 0.189 e. The van der Waals surface area contributed by atoms with E-state index >= 15 is 0 Å². The van der Waals surface area contributed by atoms with Crippen LogP contribution in [0.25, 0.3) is 0 Å². The molecule has 1 aromatic rings. The Labute approximate surface area is 147 Å². The Balaban J connectivity index is 0.00000161. The molecule has 116 valence electrons. The Morgan fingerprint density at radius 1 is 1.29 bits per heavy atom. The maximum atomic E-state index is 6.23. The first kappa shape index (κ1) is 16.7. The molecule has 0 radical (unpaired) electrons. The lowest BCUT2D eigenvalue weighted by molar-refractivity contribution is 0.333. The van der Waals surface area contributed by atoms with Crippen LogP contribution in [0, 0.1) is 0 Å². The quantitative estimate of drug-likeness (QED) is 0.435. The molecule has 6 heteroatoms. The van der Waals surface area contributed by atoms with Gasteiger partial charge in [0.15, 0.2) is 5.96 Å². The van der Waals surface area contributed by atoms with Gasteiger partial charge >= 0.3 is 0 Å². The van der Waals surface area contributed by atoms with E-state index in [1.165, 1.54) is 32.1 Å². The molecule has 1 saturated carbocycles. The van der Waals surface area contributed by atoms with Crippen LogP contribution in [0.5, 0.6) is 5.75 Å². The van der Waals surface area contributed by atoms with E-state index in [0.29, 0.717) is 23.6 Å². The van der Waals surface area contributed by atoms with Crippen molar-refractivity contribution in [3.8, 4) is 5.75 Å². The summed E-state index contributed by atoms with van der Waals surface area (Å²) in [5.74, 6) is 1.31. The lowest BCUT2D eigenvalue weighted by Crippen LogP contribution is -2.41. The van der Waals surface area contributed by atoms with Crippen molar-refractivity contribution in [1.29, 1.82) is 0 Å². The third-order valence-electron chi connectivity index (χ3n) is 3.99. The van der Waals surface area contributed by atoms with Gasteiger partial charge in [0, 0.05) is 16.6 Å². The molecule has 1 heterocycles. The molecule has 2 aliphatic rings. The van der Waals surface area contributed by atoms with Crippen LogP contribution >= 0.6 is 35.6 Å². The second kappa shape index (κ2) is 7.54. The molecule has 21 heavy (non-hydrogen) atoms. The molecule has 4 nitrogen and oxygen atoms in total. The molecule has 0 spiro atoms. The van der Waals surface area contributed by atoms with Crippen molar-refractivity contribution in [3.05, 3.63) is 28.8 Å². The van der Waals surface area contributed by atoms with Crippen molar-refractivity contribution in [2.45, 2.75) is 44.2 Å². The average Bonchev–Trinajstić information content (AvgIpc) is 2.84. The van der Waals surface area contributed by atoms with E-state index in [2.05, 4.69) is 10.3 Å². The number of nitrogens with one attached hydrogen (secondary N) is 1. The van der Waals surface area contributed by atoms with Gasteiger partial charge < -0.3 is 15.8 Å². The number of benzene rings is 1. The van der Waals surface area contributed by atoms with Crippen molar-refractivity contribution in [2.24, 2.45) is 10.7 Å². The highest BCUT2D eigenvalue weighted by molar-refractivity contribution is 14.0. The highest BCUT2D eigenvalue weighted by Gasteiger charge is 2.26. The van der Waals surface area contributed by atoms with Gasteiger partial charge in [-0.3, -0.25) is 0 Å². The summed E-state index contributed by atoms with van der Waals surface area (Å²) in [6.07, 6.45) is 6.22. The number of ether oxygens (including phenoxy) is 1. The number of hydrogen-bond donors (Lipinski definition) is 2. The standard InChI is InChI=1S/C15H20ClN3O.HI/c16-11-7-4-8-13-14(11)12(9-20-13)19-15(17)18-10-5-2-1-3-6-10;/h4,7-8,10,12H,1-3,5-6,9H2,(H3,17,18,19);1H. The molecule has 1 aliphatic heterocycles. The number of aliphatic imine (C=N–C) groups is 1. The zero-order valence-electron chi connectivity index (χ0n) is 11.8. The molecule has 0 bridgehead atoms. The molecular formula is C15H21ClIN3O. The fraction of sp³-hybridized carbons (Fsp3) is 0.533. The fourth-order valence-corrected chi connectivity index (χ4v) is 3.27. The van der Waals surface area contributed by atoms with Crippen LogP contribution in [0.15, 0.2) is 23.2 Å². The Hall–Kier alpha value is -0.690. The highest BCUT2D eigenvalue weighted by Crippen LogP contribution is 2.39. The molecule has 3 rings (SSSR count). The topological polar surface area (TPSA) is 59.6 Å². The summed E-state index contributed by atoms with van der Waals surface area (Å²) in [6.45, 7) is 0.506. The number of rotatable bonds is 2. The van der Waals surface area contributed by atoms with E-state index in [1.807, 2.05) is 18.2 Å². The molecule has 1 unspecified atom stereocenters. The first-order chi connectivity index (χ1) is 9.74. The van der Waals surface area contributed by atoms with Crippen LogP contribution in [-0.4, -0.2) is 18.6 Å². The monoisotopic (exact) mass is 421 g/mol. The van der Waals surface area contributed by atoms with Gasteiger partial charge in [0.25, 0.3) is 0 Å². The van der Waals surface area contributed by atoms with Gasteiger partial charge in [0.1, 0.15) is 18.4 Å². The van der Waals surface area contributed by atoms with Crippen molar-refractivity contribution < 1.29 is 4.74 Å². The molecule has 1 fully saturated rings. The summed E-state index contributed by atoms with van der Waals surface area (Å²) >= 11 is 6.23. The van der Waals surface area contributed by atoms with Gasteiger partial charge in [-0.2, -0.15) is 0 Å². The molecule has 3 N–H and O–H groups in total. The number of nitrogens with zero attached hydrogens (tertiary/aromatic N) is 1. The van der Waals surface area contributed by atoms with E-state index in [1.54, 1.807) is 0 Å². The number of fused-ring (bicyclic) bond motifs is 1. The normalized spacial score (nSPS) is 22.1. The lowest BCUT2D eigenvalue weighted by atomic mass is 9.96. The van der Waals surface area contributed by atoms with Gasteiger partial charge in [-0.15, -0.1) is 24.0 Å². The van der Waals surface area contributed by atoms with Gasteiger partial charge in [-0.1, -0.05) is 36.9 Å². The van der Waals surface area contributed by atoms with Crippen LogP contribution in [0.1, 0.15) is 43.7 Å². The Morgan fingerprint density at radius 3 is 2.81 bits per heavy atom. The molecule has 0 aromatic heterocycles. The van der Waals surface area contributed by atoms with Crippen molar-refractivity contribution in [3.63, 3.8) is 0 Å². The highest BCUT2D eigenvalue weighted by atomic mass is 127. The number of halogens is 2. The minimum absolute atomic E-state index is 0. The van der Waals surface area contributed by atoms with Crippen molar-refractivity contribution >= 4 is 41.5 Å². The smallest absolute Gasteiger partial charge is 0.189 e. The minimum Gasteiger partial charge on any atom is -0.491 e. The molecule has 1 aromatic carbocycles. The minimum atomic E-state index is -0.102. The van der Waals surface area contributed by atoms with Crippen molar-refractivity contribution in [1.82, 2.24) is 5.32 Å². The summed E-state index contributed by atoms with van der Waals surface area (Å²) in [4.78, 5) is 4.55. The van der Waals surface area contributed by atoms with Crippen LogP contribution in [0.2, 0.25) is 5.02 Å². The molecule has 0 amide bonds. The summed E-state index contributed by atoms with van der Waals surface area (Å²) in [7, 11) is 0. The Morgan fingerprint density at radius 2 is 2.05 bits per heavy atom. The van der Waals surface area contributed by atoms with Crippen LogP contribution in [0.4, 0.5) is 0 Å². The summed E-state index contributed by atoms with van der Waals surface area (Å²) in [5, 5.41) is 4.02. The van der Waals surface area contributed by atoms with E-state index in [9.17, 15) is 0 Å². The second-order valence-corrected chi connectivity index (χ2v) is 5.88. The Kier molecular flexibility index (Phi) is 5.98. The predicted molar refractivity (Wildman–Crippen MR) is 96.7 cm³/mol. The number of guanidine groups is 1. The SMILES string of the molecule is I.NC(=NC1COc2cccc(Cl)c21)NC1CCCCC1. The molecule has 1 aliphatic carbocycles. The first-order valence-electron chi connectivity index (χ1n) is 7.25. The summed E-state index contributed by atoms with van der Waals surface area (Å²) in [6, 6.07) is 6.02. The molecule has 0 saturated heterocycles. The third-order valence-corrected chi connectivity index (χ3v) is 4.32. The third kappa shape index (κ3) is 3.94. The van der Waals surface area contributed by atoms with E-state index in [4.69, 9.17) is 22.1 Å². The zero-order chi connectivity index (χ0) is 13.9. The van der Waals surface area contributed by atoms with Gasteiger partial charge in [0.05, 0.1) is 0 Å². The van der Waals surface area contributed by atoms with E-state index in [0.717, 1.165) is 11.3 Å². The van der Waals surface area contributed by atoms with E-state index in [-0.39, 0.29) is 30.0 Å². The second-order valence-electron chi connectivity index (χ2n) is 5.47. The molecular weight excluding hydrogens is 401 g/mol. The Bertz CT molecular complexity index is 518. The fourth-order valence-electron chi connectivity index (χ4n) is 2.98. The maximum absolute atomic E-state index is 6.23. The van der Waals surface area contributed by atoms with Gasteiger partial charge in [-0.05, 0) is 25.0 Å². The zero-order valence-corrected chi connectivity index (χ0v) is 14.9. The number of hydrogen-bond acceptors (Lipinski definition) is 2. The lowest BCUT2D eigenvalue weighted by Gasteiger charge is -2.23. The summed E-state index contributed by atoms with van der Waals surface area (Å²) < 4.78 is 5.61. The molecule has 1 atom stereocenters. The van der Waals surface area contributed by atoms with Crippen LogP contribution in [-0.2, 0) is 0 Å². The van der Waals surface area contributed by atoms with Gasteiger partial charge in [-0.25, -0.2) is 4.99 Å². The largest absolute Gasteiger partial charge is 0.491 e. The first-order valence-corrected chi connectivity index (χ1v) is 7.63. The van der Waals surface area contributed by atoms with Crippen LogP contribution < -0.4 is 15.8 Å². The van der Waals surface area contributed by atoms with Gasteiger partial charge in [0.2, 0.25) is 0 Å². The average molecular weight is 422 g/mol. The predicted octanol–water partition coefficient (Wildman–Crippen LogP) is 3.63.